The van der Waals surface area contributed by atoms with Crippen molar-refractivity contribution in [1.29, 1.82) is 0 Å². The van der Waals surface area contributed by atoms with Gasteiger partial charge in [-0.15, -0.1) is 0 Å². The van der Waals surface area contributed by atoms with Gasteiger partial charge in [0.2, 0.25) is 5.91 Å². The van der Waals surface area contributed by atoms with Crippen LogP contribution in [-0.4, -0.2) is 11.9 Å². The Kier molecular flexibility index (Phi) is 8.44. The Balaban J connectivity index is 3.64. The van der Waals surface area contributed by atoms with Gasteiger partial charge in [0.05, 0.1) is 0 Å². The molecule has 1 N–H and O–H groups in total. The van der Waals surface area contributed by atoms with Gasteiger partial charge in [-0.25, -0.2) is 0 Å². The Labute approximate surface area is 92.8 Å². The molecule has 0 aliphatic rings. The summed E-state index contributed by atoms with van der Waals surface area (Å²) in [6.45, 7) is 5.90. The molecule has 2 heteroatoms. The molecule has 84 valence electrons. The van der Waals surface area contributed by atoms with Crippen LogP contribution in [0.4, 0.5) is 0 Å². The van der Waals surface area contributed by atoms with E-state index in [-0.39, 0.29) is 11.9 Å². The van der Waals surface area contributed by atoms with Crippen LogP contribution < -0.4 is 5.32 Å². The molecule has 0 unspecified atom stereocenters. The van der Waals surface area contributed by atoms with Crippen LogP contribution in [0.3, 0.4) is 0 Å². The van der Waals surface area contributed by atoms with Crippen LogP contribution in [0.15, 0.2) is 36.5 Å². The highest BCUT2D eigenvalue weighted by molar-refractivity contribution is 5.87. The van der Waals surface area contributed by atoms with Crippen molar-refractivity contribution in [2.45, 2.75) is 39.7 Å². The zero-order chi connectivity index (χ0) is 11.5. The first-order valence-corrected chi connectivity index (χ1v) is 5.41. The summed E-state index contributed by atoms with van der Waals surface area (Å²) in [7, 11) is 0. The lowest BCUT2D eigenvalue weighted by Gasteiger charge is -2.03. The summed E-state index contributed by atoms with van der Waals surface area (Å²) in [5.74, 6) is -0.0388. The third-order valence-corrected chi connectivity index (χ3v) is 1.66. The van der Waals surface area contributed by atoms with Crippen molar-refractivity contribution in [3.63, 3.8) is 0 Å². The maximum Gasteiger partial charge on any atom is 0.244 e. The summed E-state index contributed by atoms with van der Waals surface area (Å²) in [4.78, 5) is 11.1. The number of nitrogens with one attached hydrogen (secondary N) is 1. The van der Waals surface area contributed by atoms with E-state index in [2.05, 4.69) is 17.5 Å². The van der Waals surface area contributed by atoms with Gasteiger partial charge in [0.25, 0.3) is 0 Å². The molecule has 0 fully saturated rings. The van der Waals surface area contributed by atoms with Crippen molar-refractivity contribution in [3.05, 3.63) is 36.5 Å². The van der Waals surface area contributed by atoms with Crippen LogP contribution in [0, 0.1) is 0 Å². The molecular formula is C13H21NO. The number of hydrogen-bond donors (Lipinski definition) is 1. The van der Waals surface area contributed by atoms with Gasteiger partial charge >= 0.3 is 0 Å². The molecule has 0 aromatic carbocycles. The molecule has 0 aromatic heterocycles. The topological polar surface area (TPSA) is 29.1 Å². The SMILES string of the molecule is C/C=C\CC/C=C\C=C\C(=O)NC(C)C. The quantitative estimate of drug-likeness (QED) is 0.308. The lowest BCUT2D eigenvalue weighted by Crippen LogP contribution is -2.28. The minimum atomic E-state index is -0.0388. The number of hydrogen-bond acceptors (Lipinski definition) is 1. The minimum absolute atomic E-state index is 0.0388. The lowest BCUT2D eigenvalue weighted by molar-refractivity contribution is -0.116. The Bertz CT molecular complexity index is 249. The van der Waals surface area contributed by atoms with Gasteiger partial charge < -0.3 is 5.32 Å². The number of rotatable bonds is 6. The fraction of sp³-hybridized carbons (Fsp3) is 0.462. The Hall–Kier alpha value is -1.31. The van der Waals surface area contributed by atoms with E-state index in [1.165, 1.54) is 0 Å². The molecule has 2 nitrogen and oxygen atoms in total. The number of carbonyl (C=O) groups is 1. The summed E-state index contributed by atoms with van der Waals surface area (Å²) in [5, 5.41) is 2.78. The molecule has 0 saturated carbocycles. The Morgan fingerprint density at radius 2 is 1.87 bits per heavy atom. The second-order valence-corrected chi connectivity index (χ2v) is 3.60. The number of unbranched alkanes of at least 4 members (excludes halogenated alkanes) is 1. The van der Waals surface area contributed by atoms with Gasteiger partial charge in [-0.05, 0) is 33.6 Å². The van der Waals surface area contributed by atoms with E-state index in [4.69, 9.17) is 0 Å². The number of amides is 1. The minimum Gasteiger partial charge on any atom is -0.350 e. The van der Waals surface area contributed by atoms with Gasteiger partial charge in [0, 0.05) is 12.1 Å². The monoisotopic (exact) mass is 207 g/mol. The summed E-state index contributed by atoms with van der Waals surface area (Å²) in [5.41, 5.74) is 0. The maximum absolute atomic E-state index is 11.1. The maximum atomic E-state index is 11.1. The lowest BCUT2D eigenvalue weighted by atomic mass is 10.2. The van der Waals surface area contributed by atoms with Crippen molar-refractivity contribution >= 4 is 5.91 Å². The van der Waals surface area contributed by atoms with Gasteiger partial charge in [0.15, 0.2) is 0 Å². The van der Waals surface area contributed by atoms with Crippen LogP contribution in [-0.2, 0) is 4.79 Å². The molecule has 0 spiro atoms. The summed E-state index contributed by atoms with van der Waals surface area (Å²) in [6.07, 6.45) is 13.5. The van der Waals surface area contributed by atoms with Crippen LogP contribution >= 0.6 is 0 Å². The summed E-state index contributed by atoms with van der Waals surface area (Å²) < 4.78 is 0. The number of allylic oxidation sites excluding steroid dienone is 5. The third kappa shape index (κ3) is 10.6. The smallest absolute Gasteiger partial charge is 0.244 e. The number of carbonyl (C=O) groups excluding carboxylic acids is 1. The second-order valence-electron chi connectivity index (χ2n) is 3.60. The van der Waals surface area contributed by atoms with Crippen molar-refractivity contribution < 1.29 is 4.79 Å². The van der Waals surface area contributed by atoms with Crippen LogP contribution in [0.25, 0.3) is 0 Å². The van der Waals surface area contributed by atoms with E-state index < -0.39 is 0 Å². The van der Waals surface area contributed by atoms with E-state index in [0.29, 0.717) is 0 Å². The first-order valence-electron chi connectivity index (χ1n) is 5.41. The van der Waals surface area contributed by atoms with E-state index in [0.717, 1.165) is 12.8 Å². The van der Waals surface area contributed by atoms with Crippen molar-refractivity contribution in [1.82, 2.24) is 5.32 Å². The first-order chi connectivity index (χ1) is 7.16. The summed E-state index contributed by atoms with van der Waals surface area (Å²) >= 11 is 0. The molecule has 0 aliphatic carbocycles. The molecule has 0 rings (SSSR count). The van der Waals surface area contributed by atoms with E-state index in [1.807, 2.05) is 32.9 Å². The van der Waals surface area contributed by atoms with Gasteiger partial charge in [-0.3, -0.25) is 4.79 Å². The normalized spacial score (nSPS) is 12.3. The average Bonchev–Trinajstić information content (AvgIpc) is 2.15. The molecular weight excluding hydrogens is 186 g/mol. The molecule has 0 aliphatic heterocycles. The Morgan fingerprint density at radius 1 is 1.20 bits per heavy atom. The highest BCUT2D eigenvalue weighted by Crippen LogP contribution is 1.92. The highest BCUT2D eigenvalue weighted by atomic mass is 16.1. The van der Waals surface area contributed by atoms with Gasteiger partial charge in [-0.2, -0.15) is 0 Å². The average molecular weight is 207 g/mol. The van der Waals surface area contributed by atoms with Gasteiger partial charge in [-0.1, -0.05) is 30.4 Å². The molecule has 0 heterocycles. The molecule has 1 amide bonds. The molecule has 0 bridgehead atoms. The fourth-order valence-electron chi connectivity index (χ4n) is 1.01. The predicted molar refractivity (Wildman–Crippen MR) is 65.6 cm³/mol. The van der Waals surface area contributed by atoms with Crippen molar-refractivity contribution in [2.75, 3.05) is 0 Å². The van der Waals surface area contributed by atoms with E-state index in [9.17, 15) is 4.79 Å². The summed E-state index contributed by atoms with van der Waals surface area (Å²) in [6, 6.07) is 0.195. The van der Waals surface area contributed by atoms with Crippen molar-refractivity contribution in [2.24, 2.45) is 0 Å². The molecule has 0 aromatic rings. The molecule has 0 radical (unpaired) electrons. The van der Waals surface area contributed by atoms with E-state index in [1.54, 1.807) is 12.2 Å². The second kappa shape index (κ2) is 9.25. The van der Waals surface area contributed by atoms with Crippen LogP contribution in [0.1, 0.15) is 33.6 Å². The molecule has 0 saturated heterocycles. The Morgan fingerprint density at radius 3 is 2.47 bits per heavy atom. The largest absolute Gasteiger partial charge is 0.350 e. The molecule has 0 atom stereocenters. The zero-order valence-corrected chi connectivity index (χ0v) is 9.86. The third-order valence-electron chi connectivity index (χ3n) is 1.66. The van der Waals surface area contributed by atoms with Crippen molar-refractivity contribution in [3.8, 4) is 0 Å². The predicted octanol–water partition coefficient (Wildman–Crippen LogP) is 2.98. The van der Waals surface area contributed by atoms with Gasteiger partial charge in [0.1, 0.15) is 0 Å². The molecule has 15 heavy (non-hydrogen) atoms. The fourth-order valence-corrected chi connectivity index (χ4v) is 1.01. The van der Waals surface area contributed by atoms with E-state index >= 15 is 0 Å². The van der Waals surface area contributed by atoms with Crippen LogP contribution in [0.2, 0.25) is 0 Å². The highest BCUT2D eigenvalue weighted by Gasteiger charge is 1.95. The van der Waals surface area contributed by atoms with Crippen LogP contribution in [0.5, 0.6) is 0 Å². The first kappa shape index (κ1) is 13.7. The standard InChI is InChI=1S/C13H21NO/c1-4-5-6-7-8-9-10-11-13(15)14-12(2)3/h4-5,8-12H,6-7H2,1-3H3,(H,14,15)/b5-4-,9-8-,11-10+. The zero-order valence-electron chi connectivity index (χ0n) is 9.86.